The van der Waals surface area contributed by atoms with Crippen LogP contribution in [0, 0.1) is 5.82 Å². The van der Waals surface area contributed by atoms with Gasteiger partial charge >= 0.3 is 0 Å². The average molecular weight is 273 g/mol. The molecule has 1 aliphatic heterocycles. The highest BCUT2D eigenvalue weighted by molar-refractivity contribution is 5.79. The van der Waals surface area contributed by atoms with Crippen molar-refractivity contribution < 1.29 is 13.6 Å². The van der Waals surface area contributed by atoms with E-state index >= 15 is 0 Å². The predicted octanol–water partition coefficient (Wildman–Crippen LogP) is 3.89. The summed E-state index contributed by atoms with van der Waals surface area (Å²) in [5.41, 5.74) is 1.29. The van der Waals surface area contributed by atoms with Crippen molar-refractivity contribution in [2.24, 2.45) is 0 Å². The van der Waals surface area contributed by atoms with Gasteiger partial charge in [-0.1, -0.05) is 6.07 Å². The van der Waals surface area contributed by atoms with Gasteiger partial charge in [-0.3, -0.25) is 4.79 Å². The number of aldehydes is 1. The van der Waals surface area contributed by atoms with E-state index < -0.39 is 0 Å². The molecule has 0 spiro atoms. The molecule has 1 aromatic heterocycles. The minimum absolute atomic E-state index is 0.242. The molecular weight excluding hydrogens is 257 g/mol. The van der Waals surface area contributed by atoms with E-state index in [0.717, 1.165) is 25.9 Å². The second-order valence-electron chi connectivity index (χ2n) is 5.00. The SMILES string of the molecule is O=Cc1ccc(-c2cccc(F)c2N2CCCCC2)o1. The van der Waals surface area contributed by atoms with E-state index in [1.807, 2.05) is 6.07 Å². The van der Waals surface area contributed by atoms with Crippen LogP contribution in [0.3, 0.4) is 0 Å². The molecule has 1 saturated heterocycles. The fourth-order valence-electron chi connectivity index (χ4n) is 2.71. The number of hydrogen-bond donors (Lipinski definition) is 0. The van der Waals surface area contributed by atoms with E-state index in [1.165, 1.54) is 12.5 Å². The lowest BCUT2D eigenvalue weighted by Crippen LogP contribution is -2.30. The summed E-state index contributed by atoms with van der Waals surface area (Å²) in [6, 6.07) is 8.29. The maximum Gasteiger partial charge on any atom is 0.185 e. The van der Waals surface area contributed by atoms with Gasteiger partial charge < -0.3 is 9.32 Å². The molecule has 4 heteroatoms. The predicted molar refractivity (Wildman–Crippen MR) is 75.6 cm³/mol. The quantitative estimate of drug-likeness (QED) is 0.795. The second kappa shape index (κ2) is 5.49. The molecule has 3 rings (SSSR count). The van der Waals surface area contributed by atoms with Crippen LogP contribution in [-0.2, 0) is 0 Å². The van der Waals surface area contributed by atoms with Crippen molar-refractivity contribution in [2.45, 2.75) is 19.3 Å². The highest BCUT2D eigenvalue weighted by Gasteiger charge is 2.20. The molecule has 1 aliphatic rings. The number of piperidine rings is 1. The van der Waals surface area contributed by atoms with E-state index in [1.54, 1.807) is 18.2 Å². The monoisotopic (exact) mass is 273 g/mol. The van der Waals surface area contributed by atoms with Crippen molar-refractivity contribution in [2.75, 3.05) is 18.0 Å². The maximum atomic E-state index is 14.3. The first-order valence-corrected chi connectivity index (χ1v) is 6.88. The molecule has 0 aliphatic carbocycles. The van der Waals surface area contributed by atoms with Crippen LogP contribution in [0.5, 0.6) is 0 Å². The maximum absolute atomic E-state index is 14.3. The van der Waals surface area contributed by atoms with Crippen molar-refractivity contribution in [1.82, 2.24) is 0 Å². The van der Waals surface area contributed by atoms with Gasteiger partial charge in [-0.2, -0.15) is 0 Å². The topological polar surface area (TPSA) is 33.5 Å². The minimum Gasteiger partial charge on any atom is -0.453 e. The van der Waals surface area contributed by atoms with Crippen LogP contribution in [0.4, 0.5) is 10.1 Å². The van der Waals surface area contributed by atoms with Gasteiger partial charge in [0, 0.05) is 18.7 Å². The Hall–Kier alpha value is -2.10. The summed E-state index contributed by atoms with van der Waals surface area (Å²) in [4.78, 5) is 12.8. The number of halogens is 1. The average Bonchev–Trinajstić information content (AvgIpc) is 2.96. The zero-order valence-electron chi connectivity index (χ0n) is 11.1. The summed E-state index contributed by atoms with van der Waals surface area (Å²) < 4.78 is 19.7. The summed E-state index contributed by atoms with van der Waals surface area (Å²) in [7, 11) is 0. The molecule has 2 aromatic rings. The van der Waals surface area contributed by atoms with Crippen LogP contribution in [-0.4, -0.2) is 19.4 Å². The Labute approximate surface area is 117 Å². The molecule has 0 unspecified atom stereocenters. The first-order chi connectivity index (χ1) is 9.79. The number of para-hydroxylation sites is 1. The third-order valence-electron chi connectivity index (χ3n) is 3.67. The van der Waals surface area contributed by atoms with Gasteiger partial charge in [0.15, 0.2) is 12.0 Å². The smallest absolute Gasteiger partial charge is 0.185 e. The molecule has 0 atom stereocenters. The number of hydrogen-bond acceptors (Lipinski definition) is 3. The Bertz CT molecular complexity index is 615. The number of benzene rings is 1. The number of rotatable bonds is 3. The summed E-state index contributed by atoms with van der Waals surface area (Å²) in [6.45, 7) is 1.71. The standard InChI is InChI=1S/C16H16FNO2/c17-14-6-4-5-13(15-8-7-12(11-19)20-15)16(14)18-9-2-1-3-10-18/h4-8,11H,1-3,9-10H2. The van der Waals surface area contributed by atoms with E-state index in [0.29, 0.717) is 23.3 Å². The van der Waals surface area contributed by atoms with Crippen LogP contribution in [0.2, 0.25) is 0 Å². The number of furan rings is 1. The van der Waals surface area contributed by atoms with E-state index in [-0.39, 0.29) is 11.6 Å². The Morgan fingerprint density at radius 1 is 1.10 bits per heavy atom. The lowest BCUT2D eigenvalue weighted by atomic mass is 10.1. The number of anilines is 1. The van der Waals surface area contributed by atoms with Gasteiger partial charge in [-0.15, -0.1) is 0 Å². The zero-order valence-corrected chi connectivity index (χ0v) is 11.1. The molecule has 0 bridgehead atoms. The molecule has 20 heavy (non-hydrogen) atoms. The fraction of sp³-hybridized carbons (Fsp3) is 0.312. The van der Waals surface area contributed by atoms with E-state index in [2.05, 4.69) is 4.90 Å². The minimum atomic E-state index is -0.242. The van der Waals surface area contributed by atoms with Gasteiger partial charge in [-0.25, -0.2) is 4.39 Å². The zero-order chi connectivity index (χ0) is 13.9. The normalized spacial score (nSPS) is 15.3. The van der Waals surface area contributed by atoms with Crippen molar-refractivity contribution in [1.29, 1.82) is 0 Å². The van der Waals surface area contributed by atoms with Crippen molar-refractivity contribution in [3.05, 3.63) is 41.9 Å². The molecule has 0 N–H and O–H groups in total. The number of carbonyl (C=O) groups is 1. The summed E-state index contributed by atoms with van der Waals surface area (Å²) >= 11 is 0. The first kappa shape index (κ1) is 12.9. The van der Waals surface area contributed by atoms with Gasteiger partial charge in [0.25, 0.3) is 0 Å². The Balaban J connectivity index is 2.05. The van der Waals surface area contributed by atoms with Crippen LogP contribution in [0.1, 0.15) is 29.8 Å². The van der Waals surface area contributed by atoms with Crippen LogP contribution >= 0.6 is 0 Å². The molecule has 3 nitrogen and oxygen atoms in total. The molecule has 104 valence electrons. The summed E-state index contributed by atoms with van der Waals surface area (Å²) in [5.74, 6) is 0.550. The largest absolute Gasteiger partial charge is 0.453 e. The van der Waals surface area contributed by atoms with Crippen molar-refractivity contribution in [3.63, 3.8) is 0 Å². The number of nitrogens with zero attached hydrogens (tertiary/aromatic N) is 1. The first-order valence-electron chi connectivity index (χ1n) is 6.88. The van der Waals surface area contributed by atoms with Crippen LogP contribution < -0.4 is 4.90 Å². The molecular formula is C16H16FNO2. The summed E-state index contributed by atoms with van der Waals surface area (Å²) in [5, 5.41) is 0. The number of carbonyl (C=O) groups excluding carboxylic acids is 1. The van der Waals surface area contributed by atoms with Gasteiger partial charge in [0.05, 0.1) is 5.69 Å². The van der Waals surface area contributed by atoms with Crippen molar-refractivity contribution >= 4 is 12.0 Å². The molecule has 1 aromatic carbocycles. The van der Waals surface area contributed by atoms with E-state index in [4.69, 9.17) is 4.42 Å². The Kier molecular flexibility index (Phi) is 3.54. The van der Waals surface area contributed by atoms with Gasteiger partial charge in [0.2, 0.25) is 0 Å². The third kappa shape index (κ3) is 2.33. The fourth-order valence-corrected chi connectivity index (χ4v) is 2.71. The molecule has 0 saturated carbocycles. The Morgan fingerprint density at radius 2 is 1.90 bits per heavy atom. The summed E-state index contributed by atoms with van der Waals surface area (Å²) in [6.07, 6.45) is 4.00. The van der Waals surface area contributed by atoms with Gasteiger partial charge in [-0.05, 0) is 43.5 Å². The molecule has 0 amide bonds. The molecule has 2 heterocycles. The lowest BCUT2D eigenvalue weighted by Gasteiger charge is -2.30. The van der Waals surface area contributed by atoms with E-state index in [9.17, 15) is 9.18 Å². The second-order valence-corrected chi connectivity index (χ2v) is 5.00. The highest BCUT2D eigenvalue weighted by Crippen LogP contribution is 2.35. The van der Waals surface area contributed by atoms with Crippen LogP contribution in [0.15, 0.2) is 34.7 Å². The lowest BCUT2D eigenvalue weighted by molar-refractivity contribution is 0.110. The van der Waals surface area contributed by atoms with Gasteiger partial charge in [0.1, 0.15) is 11.6 Å². The Morgan fingerprint density at radius 3 is 2.60 bits per heavy atom. The highest BCUT2D eigenvalue weighted by atomic mass is 19.1. The molecule has 0 radical (unpaired) electrons. The van der Waals surface area contributed by atoms with Crippen LogP contribution in [0.25, 0.3) is 11.3 Å². The molecule has 1 fully saturated rings. The third-order valence-corrected chi connectivity index (χ3v) is 3.67. The van der Waals surface area contributed by atoms with Crippen molar-refractivity contribution in [3.8, 4) is 11.3 Å².